The molecular weight excluding hydrogens is 306 g/mol. The van der Waals surface area contributed by atoms with Crippen LogP contribution in [-0.2, 0) is 9.84 Å². The Morgan fingerprint density at radius 2 is 1.74 bits per heavy atom. The third-order valence-electron chi connectivity index (χ3n) is 4.44. The molecule has 1 saturated heterocycles. The van der Waals surface area contributed by atoms with E-state index in [2.05, 4.69) is 11.8 Å². The van der Waals surface area contributed by atoms with Crippen molar-refractivity contribution in [1.82, 2.24) is 4.90 Å². The molecule has 0 aliphatic carbocycles. The SMILES string of the molecule is CCCCCC/C(=C\S(=O)(=O)c1ccc(C)cc1)N1CCCC1. The van der Waals surface area contributed by atoms with Gasteiger partial charge >= 0.3 is 0 Å². The first-order chi connectivity index (χ1) is 11.0. The van der Waals surface area contributed by atoms with Gasteiger partial charge in [0.25, 0.3) is 0 Å². The summed E-state index contributed by atoms with van der Waals surface area (Å²) in [6, 6.07) is 7.13. The van der Waals surface area contributed by atoms with Crippen molar-refractivity contribution in [1.29, 1.82) is 0 Å². The molecule has 3 nitrogen and oxygen atoms in total. The molecule has 0 aromatic heterocycles. The van der Waals surface area contributed by atoms with Gasteiger partial charge in [0.15, 0.2) is 0 Å². The summed E-state index contributed by atoms with van der Waals surface area (Å²) in [5, 5.41) is 1.52. The quantitative estimate of drug-likeness (QED) is 0.648. The highest BCUT2D eigenvalue weighted by Crippen LogP contribution is 2.23. The van der Waals surface area contributed by atoms with E-state index >= 15 is 0 Å². The molecule has 1 aliphatic heterocycles. The molecule has 0 unspecified atom stereocenters. The normalized spacial score (nSPS) is 16.1. The van der Waals surface area contributed by atoms with Gasteiger partial charge in [-0.2, -0.15) is 0 Å². The van der Waals surface area contributed by atoms with E-state index < -0.39 is 9.84 Å². The molecular formula is C19H29NO2S. The van der Waals surface area contributed by atoms with Crippen LogP contribution in [0.25, 0.3) is 0 Å². The molecule has 0 saturated carbocycles. The second kappa shape index (κ2) is 8.53. The minimum Gasteiger partial charge on any atom is -0.374 e. The Morgan fingerprint density at radius 3 is 2.35 bits per heavy atom. The topological polar surface area (TPSA) is 37.4 Å². The zero-order chi connectivity index (χ0) is 16.7. The predicted molar refractivity (Wildman–Crippen MR) is 96.0 cm³/mol. The zero-order valence-electron chi connectivity index (χ0n) is 14.4. The first-order valence-corrected chi connectivity index (χ1v) is 10.3. The number of unbranched alkanes of at least 4 members (excludes halogenated alkanes) is 3. The van der Waals surface area contributed by atoms with E-state index in [9.17, 15) is 8.42 Å². The lowest BCUT2D eigenvalue weighted by molar-refractivity contribution is 0.403. The lowest BCUT2D eigenvalue weighted by Gasteiger charge is -2.21. The molecule has 1 aliphatic rings. The van der Waals surface area contributed by atoms with Gasteiger partial charge in [-0.15, -0.1) is 0 Å². The number of benzene rings is 1. The van der Waals surface area contributed by atoms with Crippen molar-refractivity contribution in [2.45, 2.75) is 63.7 Å². The fourth-order valence-electron chi connectivity index (χ4n) is 3.00. The fourth-order valence-corrected chi connectivity index (χ4v) is 4.28. The van der Waals surface area contributed by atoms with Gasteiger partial charge in [0.2, 0.25) is 9.84 Å². The molecule has 0 radical (unpaired) electrons. The predicted octanol–water partition coefficient (Wildman–Crippen LogP) is 4.68. The molecule has 1 aromatic rings. The van der Waals surface area contributed by atoms with Gasteiger partial charge in [-0.25, -0.2) is 8.42 Å². The van der Waals surface area contributed by atoms with Gasteiger partial charge in [0.1, 0.15) is 0 Å². The highest BCUT2D eigenvalue weighted by Gasteiger charge is 2.19. The van der Waals surface area contributed by atoms with Crippen LogP contribution in [0.4, 0.5) is 0 Å². The molecule has 1 fully saturated rings. The smallest absolute Gasteiger partial charge is 0.201 e. The number of allylic oxidation sites excluding steroid dienone is 1. The first-order valence-electron chi connectivity index (χ1n) is 8.80. The zero-order valence-corrected chi connectivity index (χ0v) is 15.2. The summed E-state index contributed by atoms with van der Waals surface area (Å²) in [5.41, 5.74) is 2.08. The maximum absolute atomic E-state index is 12.7. The number of nitrogens with zero attached hydrogens (tertiary/aromatic N) is 1. The van der Waals surface area contributed by atoms with Crippen molar-refractivity contribution in [3.63, 3.8) is 0 Å². The lowest BCUT2D eigenvalue weighted by Crippen LogP contribution is -2.20. The Balaban J connectivity index is 2.17. The maximum atomic E-state index is 12.7. The molecule has 0 N–H and O–H groups in total. The van der Waals surface area contributed by atoms with Crippen LogP contribution in [0.1, 0.15) is 57.4 Å². The van der Waals surface area contributed by atoms with Crippen molar-refractivity contribution >= 4 is 9.84 Å². The minimum absolute atomic E-state index is 0.397. The average Bonchev–Trinajstić information content (AvgIpc) is 3.05. The highest BCUT2D eigenvalue weighted by atomic mass is 32.2. The summed E-state index contributed by atoms with van der Waals surface area (Å²) in [7, 11) is -3.36. The van der Waals surface area contributed by atoms with Crippen molar-refractivity contribution in [2.24, 2.45) is 0 Å². The van der Waals surface area contributed by atoms with E-state index in [0.29, 0.717) is 4.90 Å². The number of likely N-dealkylation sites (tertiary alicyclic amines) is 1. The van der Waals surface area contributed by atoms with E-state index in [-0.39, 0.29) is 0 Å². The Kier molecular flexibility index (Phi) is 6.70. The molecule has 0 amide bonds. The third-order valence-corrected chi connectivity index (χ3v) is 5.95. The second-order valence-electron chi connectivity index (χ2n) is 6.47. The van der Waals surface area contributed by atoms with Gasteiger partial charge < -0.3 is 4.90 Å². The molecule has 128 valence electrons. The van der Waals surface area contributed by atoms with Crippen LogP contribution in [0.5, 0.6) is 0 Å². The summed E-state index contributed by atoms with van der Waals surface area (Å²) >= 11 is 0. The summed E-state index contributed by atoms with van der Waals surface area (Å²) in [6.07, 6.45) is 7.85. The van der Waals surface area contributed by atoms with Crippen LogP contribution in [-0.4, -0.2) is 26.4 Å². The molecule has 0 bridgehead atoms. The van der Waals surface area contributed by atoms with E-state index in [0.717, 1.165) is 50.0 Å². The fraction of sp³-hybridized carbons (Fsp3) is 0.579. The molecule has 1 heterocycles. The summed E-state index contributed by atoms with van der Waals surface area (Å²) in [4.78, 5) is 2.66. The van der Waals surface area contributed by atoms with E-state index in [4.69, 9.17) is 0 Å². The van der Waals surface area contributed by atoms with Crippen LogP contribution < -0.4 is 0 Å². The molecule has 4 heteroatoms. The first kappa shape index (κ1) is 18.1. The monoisotopic (exact) mass is 335 g/mol. The van der Waals surface area contributed by atoms with Crippen molar-refractivity contribution in [2.75, 3.05) is 13.1 Å². The van der Waals surface area contributed by atoms with Gasteiger partial charge in [-0.1, -0.05) is 43.9 Å². The maximum Gasteiger partial charge on any atom is 0.201 e. The average molecular weight is 336 g/mol. The van der Waals surface area contributed by atoms with Crippen LogP contribution >= 0.6 is 0 Å². The van der Waals surface area contributed by atoms with Gasteiger partial charge in [0.05, 0.1) is 10.3 Å². The second-order valence-corrected chi connectivity index (χ2v) is 8.27. The number of sulfone groups is 1. The van der Waals surface area contributed by atoms with Crippen LogP contribution in [0.15, 0.2) is 40.3 Å². The summed E-state index contributed by atoms with van der Waals surface area (Å²) < 4.78 is 25.4. The Labute approximate surface area is 141 Å². The highest BCUT2D eigenvalue weighted by molar-refractivity contribution is 7.94. The summed E-state index contributed by atoms with van der Waals surface area (Å²) in [5.74, 6) is 0. The van der Waals surface area contributed by atoms with Crippen LogP contribution in [0.3, 0.4) is 0 Å². The minimum atomic E-state index is -3.36. The molecule has 23 heavy (non-hydrogen) atoms. The molecule has 0 atom stereocenters. The lowest BCUT2D eigenvalue weighted by atomic mass is 10.1. The number of rotatable bonds is 8. The van der Waals surface area contributed by atoms with E-state index in [1.54, 1.807) is 12.1 Å². The Hall–Kier alpha value is -1.29. The van der Waals surface area contributed by atoms with Gasteiger partial charge in [-0.3, -0.25) is 0 Å². The van der Waals surface area contributed by atoms with Crippen LogP contribution in [0.2, 0.25) is 0 Å². The van der Waals surface area contributed by atoms with Crippen LogP contribution in [0, 0.1) is 6.92 Å². The number of aryl methyl sites for hydroxylation is 1. The number of hydrogen-bond donors (Lipinski definition) is 0. The standard InChI is InChI=1S/C19H29NO2S/c1-3-4-5-6-9-18(20-14-7-8-15-20)16-23(21,22)19-12-10-17(2)11-13-19/h10-13,16H,3-9,14-15H2,1-2H3/b18-16+. The third kappa shape index (κ3) is 5.38. The summed E-state index contributed by atoms with van der Waals surface area (Å²) in [6.45, 7) is 6.14. The largest absolute Gasteiger partial charge is 0.374 e. The van der Waals surface area contributed by atoms with Crippen molar-refractivity contribution in [3.8, 4) is 0 Å². The van der Waals surface area contributed by atoms with E-state index in [1.165, 1.54) is 24.7 Å². The van der Waals surface area contributed by atoms with Crippen molar-refractivity contribution in [3.05, 3.63) is 40.9 Å². The molecule has 1 aromatic carbocycles. The molecule has 0 spiro atoms. The van der Waals surface area contributed by atoms with Crippen molar-refractivity contribution < 1.29 is 8.42 Å². The Morgan fingerprint density at radius 1 is 1.09 bits per heavy atom. The van der Waals surface area contributed by atoms with E-state index in [1.807, 2.05) is 19.1 Å². The van der Waals surface area contributed by atoms with Gasteiger partial charge in [-0.05, 0) is 44.7 Å². The van der Waals surface area contributed by atoms with Gasteiger partial charge in [0, 0.05) is 18.8 Å². The number of hydrogen-bond acceptors (Lipinski definition) is 3. The Bertz CT molecular complexity index is 611. The molecule has 2 rings (SSSR count).